The van der Waals surface area contributed by atoms with Crippen molar-refractivity contribution in [3.8, 4) is 11.3 Å². The summed E-state index contributed by atoms with van der Waals surface area (Å²) in [4.78, 5) is 7.79. The van der Waals surface area contributed by atoms with Crippen LogP contribution in [0, 0.1) is 11.6 Å². The summed E-state index contributed by atoms with van der Waals surface area (Å²) in [6.45, 7) is 10.8. The van der Waals surface area contributed by atoms with E-state index in [0.717, 1.165) is 23.5 Å². The fraction of sp³-hybridized carbons (Fsp3) is 0.412. The van der Waals surface area contributed by atoms with Gasteiger partial charge in [0.25, 0.3) is 0 Å². The molecule has 1 N–H and O–H groups in total. The standard InChI is InChI=1S/C17H22N2S/c1-6-14-18-15(11(2)16(20)19-14)12-7-9-13(10-8-12)17(3,4)5/h7-10H,6H2,1-5H3,(H,18,19,20). The Kier molecular flexibility index (Phi) is 4.09. The van der Waals surface area contributed by atoms with Gasteiger partial charge < -0.3 is 4.98 Å². The van der Waals surface area contributed by atoms with E-state index in [2.05, 4.69) is 61.9 Å². The summed E-state index contributed by atoms with van der Waals surface area (Å²) in [5, 5.41) is 0. The summed E-state index contributed by atoms with van der Waals surface area (Å²) in [5.41, 5.74) is 4.80. The smallest absolute Gasteiger partial charge is 0.133 e. The maximum absolute atomic E-state index is 5.35. The molecule has 2 aromatic rings. The van der Waals surface area contributed by atoms with Crippen molar-refractivity contribution in [2.45, 2.75) is 46.5 Å². The molecule has 1 heterocycles. The number of aryl methyl sites for hydroxylation is 1. The predicted molar refractivity (Wildman–Crippen MR) is 87.7 cm³/mol. The molecule has 1 aromatic carbocycles. The van der Waals surface area contributed by atoms with Crippen LogP contribution >= 0.6 is 12.2 Å². The highest BCUT2D eigenvalue weighted by Crippen LogP contribution is 2.27. The van der Waals surface area contributed by atoms with Gasteiger partial charge in [-0.3, -0.25) is 0 Å². The lowest BCUT2D eigenvalue weighted by Crippen LogP contribution is -2.10. The van der Waals surface area contributed by atoms with Gasteiger partial charge in [0.1, 0.15) is 10.5 Å². The third kappa shape index (κ3) is 2.98. The third-order valence-electron chi connectivity index (χ3n) is 3.58. The minimum absolute atomic E-state index is 0.174. The van der Waals surface area contributed by atoms with Crippen molar-refractivity contribution in [3.05, 3.63) is 45.9 Å². The molecule has 0 aliphatic carbocycles. The highest BCUT2D eigenvalue weighted by molar-refractivity contribution is 7.71. The molecule has 0 saturated carbocycles. The van der Waals surface area contributed by atoms with Gasteiger partial charge in [0.15, 0.2) is 0 Å². The third-order valence-corrected chi connectivity index (χ3v) is 3.97. The van der Waals surface area contributed by atoms with Crippen molar-refractivity contribution in [3.63, 3.8) is 0 Å². The molecule has 3 heteroatoms. The average molecular weight is 286 g/mol. The van der Waals surface area contributed by atoms with E-state index in [9.17, 15) is 0 Å². The number of aromatic amines is 1. The molecule has 0 aliphatic rings. The highest BCUT2D eigenvalue weighted by atomic mass is 32.1. The maximum Gasteiger partial charge on any atom is 0.133 e. The Hall–Kier alpha value is -1.48. The number of nitrogens with one attached hydrogen (secondary N) is 1. The minimum Gasteiger partial charge on any atom is -0.343 e. The molecule has 106 valence electrons. The van der Waals surface area contributed by atoms with Gasteiger partial charge in [0.05, 0.1) is 5.69 Å². The van der Waals surface area contributed by atoms with Crippen LogP contribution in [0.5, 0.6) is 0 Å². The molecule has 0 bridgehead atoms. The van der Waals surface area contributed by atoms with Gasteiger partial charge in [-0.2, -0.15) is 0 Å². The van der Waals surface area contributed by atoms with E-state index in [4.69, 9.17) is 12.2 Å². The second kappa shape index (κ2) is 5.49. The molecule has 2 rings (SSSR count). The van der Waals surface area contributed by atoms with Crippen LogP contribution < -0.4 is 0 Å². The Bertz CT molecular complexity index is 661. The van der Waals surface area contributed by atoms with Gasteiger partial charge in [-0.15, -0.1) is 0 Å². The molecular weight excluding hydrogens is 264 g/mol. The molecule has 2 nitrogen and oxygen atoms in total. The molecule has 0 unspecified atom stereocenters. The molecular formula is C17H22N2S. The first-order valence-corrected chi connectivity index (χ1v) is 7.44. The average Bonchev–Trinajstić information content (AvgIpc) is 2.41. The number of hydrogen-bond acceptors (Lipinski definition) is 2. The summed E-state index contributed by atoms with van der Waals surface area (Å²) in [6.07, 6.45) is 0.858. The van der Waals surface area contributed by atoms with Crippen LogP contribution in [-0.4, -0.2) is 9.97 Å². The van der Waals surface area contributed by atoms with E-state index in [1.165, 1.54) is 11.1 Å². The molecule has 1 aromatic heterocycles. The van der Waals surface area contributed by atoms with Gasteiger partial charge in [-0.25, -0.2) is 4.98 Å². The van der Waals surface area contributed by atoms with Crippen LogP contribution in [0.4, 0.5) is 0 Å². The zero-order valence-corrected chi connectivity index (χ0v) is 13.7. The van der Waals surface area contributed by atoms with Crippen molar-refractivity contribution in [1.29, 1.82) is 0 Å². The molecule has 0 radical (unpaired) electrons. The Morgan fingerprint density at radius 3 is 2.25 bits per heavy atom. The van der Waals surface area contributed by atoms with E-state index >= 15 is 0 Å². The van der Waals surface area contributed by atoms with Crippen LogP contribution in [-0.2, 0) is 11.8 Å². The number of nitrogens with zero attached hydrogens (tertiary/aromatic N) is 1. The van der Waals surface area contributed by atoms with Crippen LogP contribution in [0.25, 0.3) is 11.3 Å². The summed E-state index contributed by atoms with van der Waals surface area (Å²) in [5.74, 6) is 0.940. The van der Waals surface area contributed by atoms with E-state index < -0.39 is 0 Å². The van der Waals surface area contributed by atoms with Crippen LogP contribution in [0.2, 0.25) is 0 Å². The SMILES string of the molecule is CCc1nc(=S)c(C)c(-c2ccc(C(C)(C)C)cc2)[nH]1. The molecule has 20 heavy (non-hydrogen) atoms. The Labute approximate surface area is 126 Å². The monoisotopic (exact) mass is 286 g/mol. The number of benzene rings is 1. The highest BCUT2D eigenvalue weighted by Gasteiger charge is 2.14. The molecule has 0 aliphatic heterocycles. The lowest BCUT2D eigenvalue weighted by atomic mass is 9.86. The summed E-state index contributed by atoms with van der Waals surface area (Å²) < 4.78 is 0.690. The number of rotatable bonds is 2. The Balaban J connectivity index is 2.52. The Morgan fingerprint density at radius 1 is 1.15 bits per heavy atom. The van der Waals surface area contributed by atoms with E-state index in [1.54, 1.807) is 0 Å². The van der Waals surface area contributed by atoms with Crippen LogP contribution in [0.3, 0.4) is 0 Å². The first-order valence-electron chi connectivity index (χ1n) is 7.03. The maximum atomic E-state index is 5.35. The van der Waals surface area contributed by atoms with Crippen LogP contribution in [0.15, 0.2) is 24.3 Å². The predicted octanol–water partition coefficient (Wildman–Crippen LogP) is 4.97. The van der Waals surface area contributed by atoms with Gasteiger partial charge >= 0.3 is 0 Å². The zero-order chi connectivity index (χ0) is 14.9. The van der Waals surface area contributed by atoms with Crippen molar-refractivity contribution in [1.82, 2.24) is 9.97 Å². The number of H-pyrrole nitrogens is 1. The Morgan fingerprint density at radius 2 is 1.75 bits per heavy atom. The van der Waals surface area contributed by atoms with Gasteiger partial charge in [-0.05, 0) is 23.5 Å². The first-order chi connectivity index (χ1) is 9.32. The lowest BCUT2D eigenvalue weighted by Gasteiger charge is -2.19. The quantitative estimate of drug-likeness (QED) is 0.789. The second-order valence-corrected chi connectivity index (χ2v) is 6.56. The minimum atomic E-state index is 0.174. The molecule has 0 atom stereocenters. The van der Waals surface area contributed by atoms with E-state index in [0.29, 0.717) is 4.64 Å². The van der Waals surface area contributed by atoms with Crippen molar-refractivity contribution < 1.29 is 0 Å². The fourth-order valence-electron chi connectivity index (χ4n) is 2.17. The fourth-order valence-corrected chi connectivity index (χ4v) is 2.38. The van der Waals surface area contributed by atoms with Gasteiger partial charge in [-0.1, -0.05) is 64.2 Å². The van der Waals surface area contributed by atoms with Crippen LogP contribution in [0.1, 0.15) is 44.6 Å². The lowest BCUT2D eigenvalue weighted by molar-refractivity contribution is 0.590. The molecule has 0 fully saturated rings. The summed E-state index contributed by atoms with van der Waals surface area (Å²) >= 11 is 5.35. The van der Waals surface area contributed by atoms with Gasteiger partial charge in [0.2, 0.25) is 0 Å². The number of aromatic nitrogens is 2. The normalized spacial score (nSPS) is 11.7. The summed E-state index contributed by atoms with van der Waals surface area (Å²) in [6, 6.07) is 8.71. The second-order valence-electron chi connectivity index (χ2n) is 6.17. The zero-order valence-electron chi connectivity index (χ0n) is 12.9. The molecule has 0 spiro atoms. The van der Waals surface area contributed by atoms with Crippen molar-refractivity contribution in [2.75, 3.05) is 0 Å². The van der Waals surface area contributed by atoms with Crippen molar-refractivity contribution in [2.24, 2.45) is 0 Å². The summed E-state index contributed by atoms with van der Waals surface area (Å²) in [7, 11) is 0. The largest absolute Gasteiger partial charge is 0.343 e. The molecule has 0 amide bonds. The number of hydrogen-bond donors (Lipinski definition) is 1. The van der Waals surface area contributed by atoms with E-state index in [1.807, 2.05) is 6.92 Å². The van der Waals surface area contributed by atoms with Crippen molar-refractivity contribution >= 4 is 12.2 Å². The van der Waals surface area contributed by atoms with E-state index in [-0.39, 0.29) is 5.41 Å². The molecule has 0 saturated heterocycles. The first kappa shape index (κ1) is 14.9. The topological polar surface area (TPSA) is 28.7 Å². The van der Waals surface area contributed by atoms with Gasteiger partial charge in [0, 0.05) is 12.0 Å².